The van der Waals surface area contributed by atoms with Gasteiger partial charge < -0.3 is 27.1 Å². The SMILES string of the molecule is CCC1=C(C)C2=C(c3ccc(OC)c(Oc4nnc(Cl)nn4)c3)c3c(C)c(CC)c(C)n3[B-](F)(F)[N+]2=C1C. The van der Waals surface area contributed by atoms with Crippen molar-refractivity contribution in [1.29, 1.82) is 0 Å². The van der Waals surface area contributed by atoms with E-state index in [4.69, 9.17) is 21.1 Å². The van der Waals surface area contributed by atoms with Crippen LogP contribution in [0.4, 0.5) is 8.63 Å². The van der Waals surface area contributed by atoms with Crippen molar-refractivity contribution in [3.8, 4) is 17.5 Å². The van der Waals surface area contributed by atoms with Crippen LogP contribution in [0.2, 0.25) is 5.28 Å². The molecule has 5 rings (SSSR count). The molecule has 4 heterocycles. The molecular weight excluding hydrogens is 513 g/mol. The lowest BCUT2D eigenvalue weighted by Crippen LogP contribution is -2.51. The van der Waals surface area contributed by atoms with Crippen molar-refractivity contribution >= 4 is 29.9 Å². The fourth-order valence-electron chi connectivity index (χ4n) is 6.01. The number of methoxy groups -OCH3 is 1. The van der Waals surface area contributed by atoms with Crippen LogP contribution in [0, 0.1) is 13.8 Å². The largest absolute Gasteiger partial charge is 0.737 e. The van der Waals surface area contributed by atoms with Gasteiger partial charge in [-0.1, -0.05) is 30.1 Å². The maximum absolute atomic E-state index is 16.5. The van der Waals surface area contributed by atoms with E-state index in [2.05, 4.69) is 20.4 Å². The summed E-state index contributed by atoms with van der Waals surface area (Å²) in [5.74, 6) is 0.700. The molecule has 2 aliphatic heterocycles. The predicted octanol–water partition coefficient (Wildman–Crippen LogP) is 5.91. The smallest absolute Gasteiger partial charge is 0.493 e. The lowest BCUT2D eigenvalue weighted by Gasteiger charge is -2.34. The fourth-order valence-corrected chi connectivity index (χ4v) is 6.09. The van der Waals surface area contributed by atoms with Crippen molar-refractivity contribution in [2.24, 2.45) is 0 Å². The van der Waals surface area contributed by atoms with Crippen molar-refractivity contribution in [1.82, 2.24) is 24.9 Å². The van der Waals surface area contributed by atoms with Crippen LogP contribution in [0.1, 0.15) is 62.2 Å². The second-order valence-electron chi connectivity index (χ2n) is 9.40. The molecular formula is C26H28BClF2N6O2. The maximum Gasteiger partial charge on any atom is 0.737 e. The Labute approximate surface area is 224 Å². The van der Waals surface area contributed by atoms with E-state index in [1.807, 2.05) is 33.8 Å². The summed E-state index contributed by atoms with van der Waals surface area (Å²) in [6, 6.07) is 5.21. The molecule has 2 aromatic heterocycles. The summed E-state index contributed by atoms with van der Waals surface area (Å²) in [5.41, 5.74) is 7.12. The molecule has 8 nitrogen and oxygen atoms in total. The Morgan fingerprint density at radius 3 is 2.29 bits per heavy atom. The molecule has 0 spiro atoms. The summed E-state index contributed by atoms with van der Waals surface area (Å²) in [6.07, 6.45) is 1.30. The van der Waals surface area contributed by atoms with E-state index in [1.54, 1.807) is 26.0 Å². The van der Waals surface area contributed by atoms with Crippen molar-refractivity contribution in [2.75, 3.05) is 7.11 Å². The van der Waals surface area contributed by atoms with Crippen LogP contribution in [-0.2, 0) is 6.42 Å². The quantitative estimate of drug-likeness (QED) is 0.362. The van der Waals surface area contributed by atoms with Crippen LogP contribution in [0.15, 0.2) is 35.0 Å². The number of ether oxygens (including phenoxy) is 2. The van der Waals surface area contributed by atoms with Crippen LogP contribution in [0.3, 0.4) is 0 Å². The second kappa shape index (κ2) is 9.30. The number of allylic oxidation sites excluding steroid dienone is 2. The van der Waals surface area contributed by atoms with Crippen LogP contribution < -0.4 is 9.47 Å². The van der Waals surface area contributed by atoms with Gasteiger partial charge in [-0.15, -0.1) is 10.2 Å². The van der Waals surface area contributed by atoms with Crippen molar-refractivity contribution in [2.45, 2.75) is 54.4 Å². The minimum Gasteiger partial charge on any atom is -0.493 e. The molecule has 38 heavy (non-hydrogen) atoms. The first kappa shape index (κ1) is 26.0. The number of halogens is 3. The molecule has 0 saturated carbocycles. The summed E-state index contributed by atoms with van der Waals surface area (Å²) >= 11 is 5.71. The minimum absolute atomic E-state index is 0.115. The van der Waals surface area contributed by atoms with E-state index in [0.29, 0.717) is 52.5 Å². The second-order valence-corrected chi connectivity index (χ2v) is 9.74. The van der Waals surface area contributed by atoms with Gasteiger partial charge in [-0.2, -0.15) is 0 Å². The van der Waals surface area contributed by atoms with Crippen molar-refractivity contribution in [3.05, 3.63) is 68.4 Å². The van der Waals surface area contributed by atoms with E-state index in [1.165, 1.54) is 16.1 Å². The Bertz CT molecular complexity index is 1580. The normalized spacial score (nSPS) is 16.3. The molecule has 0 aliphatic carbocycles. The molecule has 12 heteroatoms. The summed E-state index contributed by atoms with van der Waals surface area (Å²) in [7, 11) is 1.51. The van der Waals surface area contributed by atoms with Gasteiger partial charge in [0, 0.05) is 23.8 Å². The van der Waals surface area contributed by atoms with Crippen LogP contribution >= 0.6 is 11.6 Å². The Balaban J connectivity index is 1.83. The number of fused-ring (bicyclic) bond motifs is 2. The molecule has 0 radical (unpaired) electrons. The highest BCUT2D eigenvalue weighted by molar-refractivity contribution is 6.58. The molecule has 2 aliphatic rings. The maximum atomic E-state index is 16.5. The number of nitrogens with zero attached hydrogens (tertiary/aromatic N) is 6. The monoisotopic (exact) mass is 540 g/mol. The van der Waals surface area contributed by atoms with E-state index >= 15 is 8.63 Å². The average Bonchev–Trinajstić information content (AvgIpc) is 3.30. The van der Waals surface area contributed by atoms with Crippen LogP contribution in [-0.4, -0.2) is 49.2 Å². The Hall–Kier alpha value is -3.60. The molecule has 0 atom stereocenters. The third kappa shape index (κ3) is 3.66. The van der Waals surface area contributed by atoms with Gasteiger partial charge in [0.05, 0.1) is 12.7 Å². The number of rotatable bonds is 6. The highest BCUT2D eigenvalue weighted by Crippen LogP contribution is 2.48. The molecule has 0 bridgehead atoms. The van der Waals surface area contributed by atoms with Gasteiger partial charge in [-0.05, 0) is 79.7 Å². The number of aromatic nitrogens is 5. The minimum atomic E-state index is -4.12. The van der Waals surface area contributed by atoms with Crippen molar-refractivity contribution in [3.63, 3.8) is 0 Å². The number of benzene rings is 1. The summed E-state index contributed by atoms with van der Waals surface area (Å²) in [5, 5.41) is 14.9. The van der Waals surface area contributed by atoms with Crippen molar-refractivity contribution < 1.29 is 22.6 Å². The molecule has 1 aromatic carbocycles. The van der Waals surface area contributed by atoms with Gasteiger partial charge in [0.2, 0.25) is 0 Å². The van der Waals surface area contributed by atoms with Gasteiger partial charge in [-0.25, -0.2) is 0 Å². The van der Waals surface area contributed by atoms with E-state index in [0.717, 1.165) is 22.3 Å². The van der Waals surface area contributed by atoms with Crippen LogP contribution in [0.5, 0.6) is 17.5 Å². The van der Waals surface area contributed by atoms with Crippen LogP contribution in [0.25, 0.3) is 5.57 Å². The van der Waals surface area contributed by atoms with Gasteiger partial charge in [-0.3, -0.25) is 0 Å². The van der Waals surface area contributed by atoms with E-state index < -0.39 is 6.97 Å². The highest BCUT2D eigenvalue weighted by Gasteiger charge is 2.56. The van der Waals surface area contributed by atoms with E-state index in [-0.39, 0.29) is 17.0 Å². The Kier molecular flexibility index (Phi) is 6.37. The molecule has 0 saturated heterocycles. The topological polar surface area (TPSA) is 78.0 Å². The standard InChI is InChI=1S/C26H28BClF2N6O2/c1-8-18-13(3)23-22(17-10-11-20(37-7)21(12-17)38-26-33-31-25(28)32-34-26)24-14(4)19(9-2)16(6)36(24)27(29,30)35(23)15(18)5/h10-12H,8-9H2,1-7H3. The van der Waals surface area contributed by atoms with Gasteiger partial charge in [0.25, 0.3) is 5.28 Å². The molecule has 198 valence electrons. The molecule has 0 N–H and O–H groups in total. The first-order valence-corrected chi connectivity index (χ1v) is 12.8. The Morgan fingerprint density at radius 1 is 1.00 bits per heavy atom. The Morgan fingerprint density at radius 2 is 1.68 bits per heavy atom. The first-order chi connectivity index (χ1) is 18.1. The molecule has 0 unspecified atom stereocenters. The summed E-state index contributed by atoms with van der Waals surface area (Å²) in [6.45, 7) is 7.27. The number of hydrogen-bond acceptors (Lipinski definition) is 6. The zero-order valence-corrected chi connectivity index (χ0v) is 23.1. The summed E-state index contributed by atoms with van der Waals surface area (Å²) < 4.78 is 46.8. The average molecular weight is 541 g/mol. The lowest BCUT2D eigenvalue weighted by molar-refractivity contribution is -0.363. The van der Waals surface area contributed by atoms with Gasteiger partial charge in [0.15, 0.2) is 17.2 Å². The third-order valence-electron chi connectivity index (χ3n) is 7.59. The summed E-state index contributed by atoms with van der Waals surface area (Å²) in [4.78, 5) is 0. The molecule has 0 fully saturated rings. The first-order valence-electron chi connectivity index (χ1n) is 12.5. The molecule has 3 aromatic rings. The predicted molar refractivity (Wildman–Crippen MR) is 142 cm³/mol. The zero-order valence-electron chi connectivity index (χ0n) is 22.4. The van der Waals surface area contributed by atoms with Gasteiger partial charge in [0.1, 0.15) is 5.71 Å². The highest BCUT2D eigenvalue weighted by atomic mass is 35.5. The van der Waals surface area contributed by atoms with Gasteiger partial charge >= 0.3 is 13.0 Å². The fraction of sp³-hybridized carbons (Fsp3) is 0.346. The number of hydrogen-bond donors (Lipinski definition) is 0. The molecule has 0 amide bonds. The third-order valence-corrected chi connectivity index (χ3v) is 7.74. The lowest BCUT2D eigenvalue weighted by atomic mass is 9.83. The van der Waals surface area contributed by atoms with E-state index in [9.17, 15) is 0 Å². The zero-order chi connectivity index (χ0) is 27.5.